The Kier molecular flexibility index (Phi) is 5.36. The number of hydrogen-bond donors (Lipinski definition) is 2. The van der Waals surface area contributed by atoms with Crippen LogP contribution >= 0.6 is 0 Å². The van der Waals surface area contributed by atoms with Crippen LogP contribution in [0.1, 0.15) is 15.9 Å². The Bertz CT molecular complexity index is 1340. The van der Waals surface area contributed by atoms with Gasteiger partial charge >= 0.3 is 0 Å². The number of nitrogens with one attached hydrogen (secondary N) is 2. The van der Waals surface area contributed by atoms with E-state index in [-0.39, 0.29) is 35.1 Å². The van der Waals surface area contributed by atoms with Crippen molar-refractivity contribution in [1.82, 2.24) is 24.3 Å². The number of methoxy groups -OCH3 is 1. The minimum absolute atomic E-state index is 0.0320. The Balaban J connectivity index is 1.85. The van der Waals surface area contributed by atoms with Gasteiger partial charge in [0.2, 0.25) is 0 Å². The molecule has 0 radical (unpaired) electrons. The lowest BCUT2D eigenvalue weighted by Gasteiger charge is -2.14. The van der Waals surface area contributed by atoms with Crippen molar-refractivity contribution >= 4 is 22.6 Å². The summed E-state index contributed by atoms with van der Waals surface area (Å²) in [5.41, 5.74) is 1.40. The van der Waals surface area contributed by atoms with Gasteiger partial charge in [0, 0.05) is 38.8 Å². The van der Waals surface area contributed by atoms with Crippen molar-refractivity contribution in [3.63, 3.8) is 0 Å². The number of carbonyl (C=O) groups is 1. The summed E-state index contributed by atoms with van der Waals surface area (Å²) in [5.74, 6) is -0.450. The zero-order valence-electron chi connectivity index (χ0n) is 16.3. The first-order valence-electron chi connectivity index (χ1n) is 9.35. The highest BCUT2D eigenvalue weighted by molar-refractivity contribution is 5.96. The zero-order chi connectivity index (χ0) is 21.1. The molecule has 0 bridgehead atoms. The van der Waals surface area contributed by atoms with Crippen LogP contribution in [0.15, 0.2) is 59.8 Å². The van der Waals surface area contributed by atoms with Crippen LogP contribution in [0.4, 0.5) is 0 Å². The second-order valence-electron chi connectivity index (χ2n) is 6.68. The Morgan fingerprint density at radius 1 is 1.27 bits per heavy atom. The van der Waals surface area contributed by atoms with E-state index in [0.717, 1.165) is 5.56 Å². The largest absolute Gasteiger partial charge is 0.383 e. The molecule has 0 aliphatic carbocycles. The van der Waals surface area contributed by atoms with Gasteiger partial charge in [0.15, 0.2) is 0 Å². The van der Waals surface area contributed by atoms with Crippen LogP contribution in [-0.2, 0) is 17.8 Å². The molecule has 4 aromatic heterocycles. The lowest BCUT2D eigenvalue weighted by atomic mass is 10.2. The van der Waals surface area contributed by atoms with Gasteiger partial charge in [-0.05, 0) is 29.8 Å². The third-order valence-corrected chi connectivity index (χ3v) is 4.76. The van der Waals surface area contributed by atoms with Gasteiger partial charge in [0.1, 0.15) is 16.8 Å². The first-order chi connectivity index (χ1) is 14.6. The lowest BCUT2D eigenvalue weighted by molar-refractivity contribution is 0.0948. The maximum atomic E-state index is 13.1. The Morgan fingerprint density at radius 2 is 2.13 bits per heavy atom. The third-order valence-electron chi connectivity index (χ3n) is 4.76. The van der Waals surface area contributed by atoms with Crippen molar-refractivity contribution in [2.45, 2.75) is 13.1 Å². The molecule has 9 heteroatoms. The molecule has 4 heterocycles. The van der Waals surface area contributed by atoms with Gasteiger partial charge < -0.3 is 14.6 Å². The molecule has 0 saturated heterocycles. The first kappa shape index (κ1) is 19.5. The van der Waals surface area contributed by atoms with E-state index < -0.39 is 5.91 Å². The van der Waals surface area contributed by atoms with Crippen molar-refractivity contribution in [2.24, 2.45) is 0 Å². The Labute approximate surface area is 171 Å². The highest BCUT2D eigenvalue weighted by Crippen LogP contribution is 2.10. The highest BCUT2D eigenvalue weighted by Gasteiger charge is 2.17. The minimum Gasteiger partial charge on any atom is -0.383 e. The molecule has 0 aromatic carbocycles. The number of amides is 1. The van der Waals surface area contributed by atoms with Crippen molar-refractivity contribution in [1.29, 1.82) is 5.41 Å². The molecule has 4 aromatic rings. The van der Waals surface area contributed by atoms with Gasteiger partial charge in [-0.1, -0.05) is 12.1 Å². The third kappa shape index (κ3) is 3.58. The summed E-state index contributed by atoms with van der Waals surface area (Å²) in [5, 5.41) is 11.6. The molecule has 9 nitrogen and oxygen atoms in total. The molecule has 152 valence electrons. The number of fused-ring (bicyclic) bond motifs is 2. The minimum atomic E-state index is -0.450. The molecule has 0 aliphatic heterocycles. The van der Waals surface area contributed by atoms with Gasteiger partial charge in [-0.15, -0.1) is 0 Å². The molecule has 30 heavy (non-hydrogen) atoms. The standard InChI is InChI=1S/C21H20N6O3/c1-30-10-9-27-18(22)15(20(28)24-13-14-5-4-7-23-12-14)11-16-19(27)25-17-6-2-3-8-26(17)21(16)29/h2-8,11-12,22H,9-10,13H2,1H3,(H,24,28). The second kappa shape index (κ2) is 8.26. The van der Waals surface area contributed by atoms with Crippen LogP contribution in [0.3, 0.4) is 0 Å². The SMILES string of the molecule is COCCn1c(=N)c(C(=O)NCc2cccnc2)cc2c(=O)n3ccccc3nc21. The van der Waals surface area contributed by atoms with E-state index in [0.29, 0.717) is 17.9 Å². The van der Waals surface area contributed by atoms with E-state index in [2.05, 4.69) is 15.3 Å². The molecule has 4 rings (SSSR count). The number of aromatic nitrogens is 4. The maximum Gasteiger partial charge on any atom is 0.267 e. The van der Waals surface area contributed by atoms with Crippen LogP contribution < -0.4 is 16.4 Å². The fourth-order valence-corrected chi connectivity index (χ4v) is 3.24. The summed E-state index contributed by atoms with van der Waals surface area (Å²) in [6, 6.07) is 10.3. The van der Waals surface area contributed by atoms with Crippen molar-refractivity contribution < 1.29 is 9.53 Å². The van der Waals surface area contributed by atoms with Gasteiger partial charge in [-0.25, -0.2) is 4.98 Å². The Morgan fingerprint density at radius 3 is 2.90 bits per heavy atom. The molecule has 0 atom stereocenters. The summed E-state index contributed by atoms with van der Waals surface area (Å²) in [6.45, 7) is 0.852. The van der Waals surface area contributed by atoms with Crippen molar-refractivity contribution in [3.8, 4) is 0 Å². The lowest BCUT2D eigenvalue weighted by Crippen LogP contribution is -2.35. The van der Waals surface area contributed by atoms with Gasteiger partial charge in [0.05, 0.1) is 17.6 Å². The first-order valence-corrected chi connectivity index (χ1v) is 9.35. The topological polar surface area (TPSA) is 114 Å². The predicted molar refractivity (Wildman–Crippen MR) is 110 cm³/mol. The normalized spacial score (nSPS) is 11.1. The molecule has 0 aliphatic rings. The molecule has 0 unspecified atom stereocenters. The van der Waals surface area contributed by atoms with Crippen LogP contribution in [-0.4, -0.2) is 38.6 Å². The van der Waals surface area contributed by atoms with Crippen LogP contribution in [0.5, 0.6) is 0 Å². The molecule has 1 amide bonds. The predicted octanol–water partition coefficient (Wildman–Crippen LogP) is 1.10. The number of carbonyl (C=O) groups excluding carboxylic acids is 1. The van der Waals surface area contributed by atoms with Crippen molar-refractivity contribution in [2.75, 3.05) is 13.7 Å². The summed E-state index contributed by atoms with van der Waals surface area (Å²) < 4.78 is 8.10. The smallest absolute Gasteiger partial charge is 0.267 e. The highest BCUT2D eigenvalue weighted by atomic mass is 16.5. The quantitative estimate of drug-likeness (QED) is 0.467. The number of nitrogens with zero attached hydrogens (tertiary/aromatic N) is 4. The van der Waals surface area contributed by atoms with Crippen molar-refractivity contribution in [3.05, 3.63) is 82.0 Å². The van der Waals surface area contributed by atoms with E-state index in [1.807, 2.05) is 6.07 Å². The van der Waals surface area contributed by atoms with Gasteiger partial charge in [-0.2, -0.15) is 0 Å². The molecule has 2 N–H and O–H groups in total. The molecule has 0 fully saturated rings. The zero-order valence-corrected chi connectivity index (χ0v) is 16.3. The summed E-state index contributed by atoms with van der Waals surface area (Å²) in [4.78, 5) is 34.5. The number of ether oxygens (including phenoxy) is 1. The number of pyridine rings is 3. The van der Waals surface area contributed by atoms with E-state index in [1.54, 1.807) is 50.0 Å². The fraction of sp³-hybridized carbons (Fsp3) is 0.190. The second-order valence-corrected chi connectivity index (χ2v) is 6.68. The molecular weight excluding hydrogens is 384 g/mol. The van der Waals surface area contributed by atoms with E-state index >= 15 is 0 Å². The monoisotopic (exact) mass is 404 g/mol. The fourth-order valence-electron chi connectivity index (χ4n) is 3.24. The van der Waals surface area contributed by atoms with E-state index in [4.69, 9.17) is 10.1 Å². The van der Waals surface area contributed by atoms with Gasteiger partial charge in [0.25, 0.3) is 11.5 Å². The molecule has 0 saturated carbocycles. The van der Waals surface area contributed by atoms with E-state index in [1.165, 1.54) is 15.0 Å². The number of hydrogen-bond acceptors (Lipinski definition) is 6. The van der Waals surface area contributed by atoms with E-state index in [9.17, 15) is 9.59 Å². The average Bonchev–Trinajstić information content (AvgIpc) is 2.78. The number of rotatable bonds is 6. The summed E-state index contributed by atoms with van der Waals surface area (Å²) in [7, 11) is 1.55. The van der Waals surface area contributed by atoms with Crippen LogP contribution in [0.25, 0.3) is 16.7 Å². The van der Waals surface area contributed by atoms with Crippen LogP contribution in [0.2, 0.25) is 0 Å². The Hall–Kier alpha value is -3.85. The van der Waals surface area contributed by atoms with Gasteiger partial charge in [-0.3, -0.25) is 24.4 Å². The van der Waals surface area contributed by atoms with Crippen LogP contribution in [0, 0.1) is 5.41 Å². The summed E-state index contributed by atoms with van der Waals surface area (Å²) >= 11 is 0. The maximum absolute atomic E-state index is 13.1. The molecular formula is C21H20N6O3. The average molecular weight is 404 g/mol. The molecule has 0 spiro atoms. The summed E-state index contributed by atoms with van der Waals surface area (Å²) in [6.07, 6.45) is 4.93.